The van der Waals surface area contributed by atoms with E-state index in [0.717, 1.165) is 19.3 Å². The molecule has 2 rings (SSSR count). The normalized spacial score (nSPS) is 33.9. The van der Waals surface area contributed by atoms with Gasteiger partial charge in [-0.25, -0.2) is 0 Å². The second-order valence-electron chi connectivity index (χ2n) is 6.83. The van der Waals surface area contributed by atoms with E-state index in [9.17, 15) is 9.59 Å². The second kappa shape index (κ2) is 5.51. The molecule has 2 N–H and O–H groups in total. The molecule has 2 aliphatic carbocycles. The first-order valence-electron chi connectivity index (χ1n) is 7.43. The zero-order chi connectivity index (χ0) is 14.0. The number of nitrogens with one attached hydrogen (secondary N) is 1. The van der Waals surface area contributed by atoms with Gasteiger partial charge in [0.15, 0.2) is 0 Å². The summed E-state index contributed by atoms with van der Waals surface area (Å²) >= 11 is 0. The molecule has 0 bridgehead atoms. The second-order valence-corrected chi connectivity index (χ2v) is 6.83. The Kier molecular flexibility index (Phi) is 4.16. The van der Waals surface area contributed by atoms with Crippen LogP contribution in [-0.4, -0.2) is 23.0 Å². The molecule has 4 heteroatoms. The van der Waals surface area contributed by atoms with Gasteiger partial charge in [0, 0.05) is 12.0 Å². The number of hydrogen-bond donors (Lipinski definition) is 2. The van der Waals surface area contributed by atoms with Crippen LogP contribution >= 0.6 is 0 Å². The molecule has 0 aromatic carbocycles. The summed E-state index contributed by atoms with van der Waals surface area (Å²) in [5.74, 6) is -0.793. The van der Waals surface area contributed by atoms with Crippen molar-refractivity contribution in [2.45, 2.75) is 64.8 Å². The molecule has 0 aromatic heterocycles. The van der Waals surface area contributed by atoms with Crippen LogP contribution in [0.5, 0.6) is 0 Å². The number of carbonyl (C=O) groups is 2. The number of rotatable bonds is 3. The summed E-state index contributed by atoms with van der Waals surface area (Å²) < 4.78 is 0. The fourth-order valence-electron chi connectivity index (χ4n) is 3.49. The van der Waals surface area contributed by atoms with Crippen molar-refractivity contribution < 1.29 is 14.7 Å². The van der Waals surface area contributed by atoms with Gasteiger partial charge in [-0.2, -0.15) is 0 Å². The van der Waals surface area contributed by atoms with Crippen LogP contribution in [-0.2, 0) is 9.59 Å². The number of carboxylic acid groups (broad SMARTS) is 1. The molecule has 0 saturated heterocycles. The zero-order valence-corrected chi connectivity index (χ0v) is 11.9. The highest BCUT2D eigenvalue weighted by atomic mass is 16.4. The van der Waals surface area contributed by atoms with Crippen molar-refractivity contribution in [2.24, 2.45) is 17.3 Å². The Bertz CT molecular complexity index is 356. The largest absolute Gasteiger partial charge is 0.481 e. The Morgan fingerprint density at radius 3 is 2.11 bits per heavy atom. The molecule has 4 nitrogen and oxygen atoms in total. The van der Waals surface area contributed by atoms with Crippen LogP contribution in [0.4, 0.5) is 0 Å². The fraction of sp³-hybridized carbons (Fsp3) is 0.867. The first-order chi connectivity index (χ1) is 8.90. The molecular formula is C15H25NO3. The highest BCUT2D eigenvalue weighted by Crippen LogP contribution is 2.38. The lowest BCUT2D eigenvalue weighted by atomic mass is 9.81. The van der Waals surface area contributed by atoms with Gasteiger partial charge in [-0.3, -0.25) is 9.59 Å². The summed E-state index contributed by atoms with van der Waals surface area (Å²) in [4.78, 5) is 23.2. The van der Waals surface area contributed by atoms with Gasteiger partial charge in [0.2, 0.25) is 5.91 Å². The van der Waals surface area contributed by atoms with Gasteiger partial charge in [0.05, 0.1) is 5.92 Å². The molecule has 1 amide bonds. The molecule has 2 saturated carbocycles. The third-order valence-electron chi connectivity index (χ3n) is 5.02. The van der Waals surface area contributed by atoms with Crippen molar-refractivity contribution in [3.63, 3.8) is 0 Å². The van der Waals surface area contributed by atoms with Gasteiger partial charge in [-0.1, -0.05) is 20.3 Å². The standard InChI is InChI=1S/C15H25NO3/c1-15(2)9-3-4-12(15)16-13(17)10-5-7-11(8-6-10)14(18)19/h10-12H,3-9H2,1-2H3,(H,16,17)(H,18,19). The van der Waals surface area contributed by atoms with Crippen LogP contribution in [0.15, 0.2) is 0 Å². The molecule has 2 fully saturated rings. The third-order valence-corrected chi connectivity index (χ3v) is 5.02. The van der Waals surface area contributed by atoms with Crippen molar-refractivity contribution in [2.75, 3.05) is 0 Å². The first kappa shape index (κ1) is 14.4. The van der Waals surface area contributed by atoms with E-state index in [0.29, 0.717) is 12.8 Å². The topological polar surface area (TPSA) is 66.4 Å². The maximum Gasteiger partial charge on any atom is 0.306 e. The van der Waals surface area contributed by atoms with E-state index < -0.39 is 5.97 Å². The van der Waals surface area contributed by atoms with Crippen molar-refractivity contribution in [1.82, 2.24) is 5.32 Å². The molecule has 0 spiro atoms. The van der Waals surface area contributed by atoms with Gasteiger partial charge >= 0.3 is 5.97 Å². The number of carbonyl (C=O) groups excluding carboxylic acids is 1. The minimum atomic E-state index is -0.712. The predicted molar refractivity (Wildman–Crippen MR) is 72.6 cm³/mol. The molecule has 108 valence electrons. The monoisotopic (exact) mass is 267 g/mol. The Labute approximate surface area is 115 Å². The van der Waals surface area contributed by atoms with Crippen LogP contribution in [0.1, 0.15) is 58.8 Å². The van der Waals surface area contributed by atoms with E-state index in [2.05, 4.69) is 19.2 Å². The van der Waals surface area contributed by atoms with E-state index in [1.807, 2.05) is 0 Å². The highest BCUT2D eigenvalue weighted by molar-refractivity contribution is 5.79. The summed E-state index contributed by atoms with van der Waals surface area (Å²) in [6.45, 7) is 4.43. The molecule has 19 heavy (non-hydrogen) atoms. The predicted octanol–water partition coefficient (Wildman–Crippen LogP) is 2.57. The number of carboxylic acids is 1. The summed E-state index contributed by atoms with van der Waals surface area (Å²) in [6.07, 6.45) is 6.14. The summed E-state index contributed by atoms with van der Waals surface area (Å²) in [7, 11) is 0. The van der Waals surface area contributed by atoms with Crippen molar-refractivity contribution in [3.05, 3.63) is 0 Å². The minimum Gasteiger partial charge on any atom is -0.481 e. The Morgan fingerprint density at radius 1 is 1.05 bits per heavy atom. The maximum absolute atomic E-state index is 12.3. The zero-order valence-electron chi connectivity index (χ0n) is 11.9. The van der Waals surface area contributed by atoms with E-state index in [1.165, 1.54) is 12.8 Å². The Hall–Kier alpha value is -1.06. The number of amides is 1. The van der Waals surface area contributed by atoms with Gasteiger partial charge in [-0.15, -0.1) is 0 Å². The smallest absolute Gasteiger partial charge is 0.306 e. The summed E-state index contributed by atoms with van der Waals surface area (Å²) in [5, 5.41) is 12.2. The van der Waals surface area contributed by atoms with Crippen molar-refractivity contribution in [1.29, 1.82) is 0 Å². The molecule has 0 aliphatic heterocycles. The molecule has 1 atom stereocenters. The number of hydrogen-bond acceptors (Lipinski definition) is 2. The quantitative estimate of drug-likeness (QED) is 0.826. The van der Waals surface area contributed by atoms with Gasteiger partial charge in [0.1, 0.15) is 0 Å². The van der Waals surface area contributed by atoms with Crippen LogP contribution < -0.4 is 5.32 Å². The van der Waals surface area contributed by atoms with Crippen molar-refractivity contribution >= 4 is 11.9 Å². The van der Waals surface area contributed by atoms with Gasteiger partial charge in [0.25, 0.3) is 0 Å². The van der Waals surface area contributed by atoms with E-state index in [-0.39, 0.29) is 29.2 Å². The summed E-state index contributed by atoms with van der Waals surface area (Å²) in [6, 6.07) is 0.289. The highest BCUT2D eigenvalue weighted by Gasteiger charge is 2.37. The van der Waals surface area contributed by atoms with Gasteiger partial charge in [-0.05, 0) is 43.9 Å². The molecule has 0 radical (unpaired) electrons. The average molecular weight is 267 g/mol. The third kappa shape index (κ3) is 3.28. The number of aliphatic carboxylic acids is 1. The lowest BCUT2D eigenvalue weighted by Crippen LogP contribution is -2.45. The van der Waals surface area contributed by atoms with Crippen LogP contribution in [0.2, 0.25) is 0 Å². The lowest BCUT2D eigenvalue weighted by molar-refractivity contribution is -0.144. The molecule has 0 heterocycles. The van der Waals surface area contributed by atoms with Crippen LogP contribution in [0, 0.1) is 17.3 Å². The molecule has 2 aliphatic rings. The maximum atomic E-state index is 12.3. The molecule has 1 unspecified atom stereocenters. The lowest BCUT2D eigenvalue weighted by Gasteiger charge is -2.31. The average Bonchev–Trinajstić information content (AvgIpc) is 2.69. The van der Waals surface area contributed by atoms with Crippen LogP contribution in [0.25, 0.3) is 0 Å². The van der Waals surface area contributed by atoms with Crippen molar-refractivity contribution in [3.8, 4) is 0 Å². The SMILES string of the molecule is CC1(C)CCCC1NC(=O)C1CCC(C(=O)O)CC1. The Morgan fingerprint density at radius 2 is 1.63 bits per heavy atom. The molecule has 0 aromatic rings. The minimum absolute atomic E-state index is 0.0204. The Balaban J connectivity index is 1.83. The first-order valence-corrected chi connectivity index (χ1v) is 7.43. The van der Waals surface area contributed by atoms with E-state index in [1.54, 1.807) is 0 Å². The molecular weight excluding hydrogens is 242 g/mol. The van der Waals surface area contributed by atoms with E-state index in [4.69, 9.17) is 5.11 Å². The fourth-order valence-corrected chi connectivity index (χ4v) is 3.49. The van der Waals surface area contributed by atoms with Crippen LogP contribution in [0.3, 0.4) is 0 Å². The van der Waals surface area contributed by atoms with E-state index >= 15 is 0 Å². The van der Waals surface area contributed by atoms with Gasteiger partial charge < -0.3 is 10.4 Å². The summed E-state index contributed by atoms with van der Waals surface area (Å²) in [5.41, 5.74) is 0.202.